The summed E-state index contributed by atoms with van der Waals surface area (Å²) in [5.74, 6) is 1.88. The van der Waals surface area contributed by atoms with E-state index in [4.69, 9.17) is 9.47 Å². The van der Waals surface area contributed by atoms with Crippen LogP contribution in [0.1, 0.15) is 22.7 Å². The lowest BCUT2D eigenvalue weighted by molar-refractivity contribution is 0.392. The Morgan fingerprint density at radius 1 is 1.05 bits per heavy atom. The van der Waals surface area contributed by atoms with Gasteiger partial charge in [-0.15, -0.1) is 0 Å². The first-order valence-electron chi connectivity index (χ1n) is 7.00. The van der Waals surface area contributed by atoms with Crippen molar-refractivity contribution in [3.05, 3.63) is 53.1 Å². The second kappa shape index (κ2) is 5.66. The van der Waals surface area contributed by atoms with Gasteiger partial charge in [0.25, 0.3) is 0 Å². The maximum Gasteiger partial charge on any atom is 0.124 e. The van der Waals surface area contributed by atoms with Crippen LogP contribution in [-0.4, -0.2) is 25.9 Å². The van der Waals surface area contributed by atoms with E-state index < -0.39 is 0 Å². The summed E-state index contributed by atoms with van der Waals surface area (Å²) < 4.78 is 10.8. The molecule has 3 rings (SSSR count). The number of phenols is 1. The monoisotopic (exact) mass is 285 g/mol. The topological polar surface area (TPSA) is 50.7 Å². The molecule has 2 aromatic carbocycles. The zero-order valence-electron chi connectivity index (χ0n) is 12.2. The summed E-state index contributed by atoms with van der Waals surface area (Å²) in [6, 6.07) is 11.3. The van der Waals surface area contributed by atoms with Crippen molar-refractivity contribution in [1.82, 2.24) is 5.32 Å². The Morgan fingerprint density at radius 3 is 2.67 bits per heavy atom. The molecular formula is C17H19NO3. The molecule has 1 atom stereocenters. The van der Waals surface area contributed by atoms with Crippen LogP contribution in [-0.2, 0) is 6.42 Å². The highest BCUT2D eigenvalue weighted by molar-refractivity contribution is 5.50. The van der Waals surface area contributed by atoms with Gasteiger partial charge in [-0.05, 0) is 47.9 Å². The standard InChI is InChI=1S/C17H19NO3/c1-20-13-5-6-16(21-2)15(10-13)17-14-9-12(19)4-3-11(14)7-8-18-17/h3-6,9-10,17-19H,7-8H2,1-2H3. The first-order chi connectivity index (χ1) is 10.2. The molecule has 4 nitrogen and oxygen atoms in total. The normalized spacial score (nSPS) is 17.1. The fourth-order valence-electron chi connectivity index (χ4n) is 2.88. The number of methoxy groups -OCH3 is 2. The van der Waals surface area contributed by atoms with Gasteiger partial charge < -0.3 is 19.9 Å². The zero-order chi connectivity index (χ0) is 14.8. The summed E-state index contributed by atoms with van der Waals surface area (Å²) in [4.78, 5) is 0. The molecule has 0 radical (unpaired) electrons. The highest BCUT2D eigenvalue weighted by atomic mass is 16.5. The van der Waals surface area contributed by atoms with E-state index in [0.717, 1.165) is 35.6 Å². The molecule has 1 heterocycles. The predicted octanol–water partition coefficient (Wildman–Crippen LogP) is 2.64. The van der Waals surface area contributed by atoms with Crippen LogP contribution in [0.4, 0.5) is 0 Å². The van der Waals surface area contributed by atoms with Gasteiger partial charge in [-0.25, -0.2) is 0 Å². The third kappa shape index (κ3) is 2.54. The number of hydrogen-bond donors (Lipinski definition) is 2. The third-order valence-corrected chi connectivity index (χ3v) is 3.93. The van der Waals surface area contributed by atoms with E-state index in [-0.39, 0.29) is 11.8 Å². The lowest BCUT2D eigenvalue weighted by Gasteiger charge is -2.28. The molecule has 1 unspecified atom stereocenters. The minimum absolute atomic E-state index is 0.00843. The van der Waals surface area contributed by atoms with E-state index in [9.17, 15) is 5.11 Å². The number of benzene rings is 2. The second-order valence-corrected chi connectivity index (χ2v) is 5.13. The minimum Gasteiger partial charge on any atom is -0.508 e. The van der Waals surface area contributed by atoms with Crippen molar-refractivity contribution in [3.63, 3.8) is 0 Å². The molecule has 2 N–H and O–H groups in total. The average molecular weight is 285 g/mol. The fraction of sp³-hybridized carbons (Fsp3) is 0.294. The zero-order valence-corrected chi connectivity index (χ0v) is 12.2. The van der Waals surface area contributed by atoms with E-state index in [1.165, 1.54) is 5.56 Å². The molecule has 1 aliphatic heterocycles. The van der Waals surface area contributed by atoms with Gasteiger partial charge in [0.05, 0.1) is 20.3 Å². The summed E-state index contributed by atoms with van der Waals surface area (Å²) in [7, 11) is 3.32. The van der Waals surface area contributed by atoms with Crippen LogP contribution in [0.5, 0.6) is 17.2 Å². The Kier molecular flexibility index (Phi) is 3.71. The second-order valence-electron chi connectivity index (χ2n) is 5.13. The van der Waals surface area contributed by atoms with Gasteiger partial charge >= 0.3 is 0 Å². The Morgan fingerprint density at radius 2 is 1.90 bits per heavy atom. The van der Waals surface area contributed by atoms with Crippen molar-refractivity contribution in [2.75, 3.05) is 20.8 Å². The van der Waals surface area contributed by atoms with Gasteiger partial charge in [0, 0.05) is 12.1 Å². The molecule has 21 heavy (non-hydrogen) atoms. The van der Waals surface area contributed by atoms with E-state index in [2.05, 4.69) is 5.32 Å². The van der Waals surface area contributed by atoms with Crippen molar-refractivity contribution < 1.29 is 14.6 Å². The van der Waals surface area contributed by atoms with Crippen LogP contribution < -0.4 is 14.8 Å². The van der Waals surface area contributed by atoms with Gasteiger partial charge in [-0.1, -0.05) is 6.07 Å². The molecule has 0 amide bonds. The smallest absolute Gasteiger partial charge is 0.124 e. The highest BCUT2D eigenvalue weighted by Gasteiger charge is 2.24. The van der Waals surface area contributed by atoms with Crippen LogP contribution in [0, 0.1) is 0 Å². The highest BCUT2D eigenvalue weighted by Crippen LogP contribution is 2.37. The molecule has 110 valence electrons. The van der Waals surface area contributed by atoms with Crippen LogP contribution in [0.25, 0.3) is 0 Å². The largest absolute Gasteiger partial charge is 0.508 e. The van der Waals surface area contributed by atoms with Gasteiger partial charge in [0.15, 0.2) is 0 Å². The van der Waals surface area contributed by atoms with E-state index in [1.807, 2.05) is 30.3 Å². The fourth-order valence-corrected chi connectivity index (χ4v) is 2.88. The van der Waals surface area contributed by atoms with E-state index in [1.54, 1.807) is 20.3 Å². The van der Waals surface area contributed by atoms with Crippen molar-refractivity contribution in [2.45, 2.75) is 12.5 Å². The SMILES string of the molecule is COc1ccc(OC)c(C2NCCc3ccc(O)cc32)c1. The molecule has 2 aromatic rings. The predicted molar refractivity (Wildman–Crippen MR) is 81.2 cm³/mol. The number of ether oxygens (including phenoxy) is 2. The van der Waals surface area contributed by atoms with Crippen molar-refractivity contribution in [2.24, 2.45) is 0 Å². The molecule has 0 saturated heterocycles. The molecule has 4 heteroatoms. The first kappa shape index (κ1) is 13.8. The van der Waals surface area contributed by atoms with Crippen molar-refractivity contribution >= 4 is 0 Å². The van der Waals surface area contributed by atoms with Gasteiger partial charge in [-0.3, -0.25) is 0 Å². The Bertz CT molecular complexity index is 654. The number of nitrogens with one attached hydrogen (secondary N) is 1. The van der Waals surface area contributed by atoms with Crippen LogP contribution >= 0.6 is 0 Å². The maximum atomic E-state index is 9.80. The van der Waals surface area contributed by atoms with Gasteiger partial charge in [0.1, 0.15) is 17.2 Å². The molecule has 0 fully saturated rings. The Hall–Kier alpha value is -2.20. The molecule has 0 saturated carbocycles. The minimum atomic E-state index is -0.00843. The summed E-state index contributed by atoms with van der Waals surface area (Å²) in [5.41, 5.74) is 3.36. The van der Waals surface area contributed by atoms with Gasteiger partial charge in [0.2, 0.25) is 0 Å². The molecule has 1 aliphatic rings. The number of fused-ring (bicyclic) bond motifs is 1. The summed E-state index contributed by atoms with van der Waals surface area (Å²) >= 11 is 0. The van der Waals surface area contributed by atoms with E-state index in [0.29, 0.717) is 0 Å². The van der Waals surface area contributed by atoms with Crippen molar-refractivity contribution in [3.8, 4) is 17.2 Å². The Labute approximate surface area is 124 Å². The lowest BCUT2D eigenvalue weighted by atomic mass is 9.89. The maximum absolute atomic E-state index is 9.80. The lowest BCUT2D eigenvalue weighted by Crippen LogP contribution is -2.30. The summed E-state index contributed by atoms with van der Waals surface area (Å²) in [6.45, 7) is 0.892. The summed E-state index contributed by atoms with van der Waals surface area (Å²) in [5, 5.41) is 13.3. The Balaban J connectivity index is 2.11. The number of phenolic OH excluding ortho intramolecular Hbond substituents is 1. The number of rotatable bonds is 3. The summed E-state index contributed by atoms with van der Waals surface area (Å²) in [6.07, 6.45) is 0.957. The molecular weight excluding hydrogens is 266 g/mol. The molecule has 0 aliphatic carbocycles. The van der Waals surface area contributed by atoms with Crippen molar-refractivity contribution in [1.29, 1.82) is 0 Å². The van der Waals surface area contributed by atoms with Crippen LogP contribution in [0.3, 0.4) is 0 Å². The molecule has 0 bridgehead atoms. The average Bonchev–Trinajstić information content (AvgIpc) is 2.53. The molecule has 0 spiro atoms. The van der Waals surface area contributed by atoms with Gasteiger partial charge in [-0.2, -0.15) is 0 Å². The van der Waals surface area contributed by atoms with Crippen LogP contribution in [0.15, 0.2) is 36.4 Å². The van der Waals surface area contributed by atoms with Crippen LogP contribution in [0.2, 0.25) is 0 Å². The number of aromatic hydroxyl groups is 1. The van der Waals surface area contributed by atoms with E-state index >= 15 is 0 Å². The first-order valence-corrected chi connectivity index (χ1v) is 7.00. The number of hydrogen-bond acceptors (Lipinski definition) is 4. The quantitative estimate of drug-likeness (QED) is 0.910. The third-order valence-electron chi connectivity index (χ3n) is 3.93. The molecule has 0 aromatic heterocycles.